The van der Waals surface area contributed by atoms with Crippen LogP contribution >= 0.6 is 11.3 Å². The molecule has 2 aromatic carbocycles. The number of nitro benzene ring substituents is 1. The van der Waals surface area contributed by atoms with E-state index in [0.717, 1.165) is 58.9 Å². The first-order chi connectivity index (χ1) is 14.0. The van der Waals surface area contributed by atoms with Crippen molar-refractivity contribution in [2.75, 3.05) is 6.61 Å². The largest absolute Gasteiger partial charge is 0.376 e. The Labute approximate surface area is 173 Å². The number of thiazole rings is 1. The summed E-state index contributed by atoms with van der Waals surface area (Å²) >= 11 is 1.58. The van der Waals surface area contributed by atoms with Gasteiger partial charge in [-0.25, -0.2) is 4.99 Å². The summed E-state index contributed by atoms with van der Waals surface area (Å²) in [6.45, 7) is 5.66. The highest BCUT2D eigenvalue weighted by atomic mass is 32.1. The number of aromatic nitrogens is 1. The minimum Gasteiger partial charge on any atom is -0.376 e. The third-order valence-corrected chi connectivity index (χ3v) is 6.09. The summed E-state index contributed by atoms with van der Waals surface area (Å²) in [5, 5.41) is 13.1. The summed E-state index contributed by atoms with van der Waals surface area (Å²) < 4.78 is 8.06. The summed E-state index contributed by atoms with van der Waals surface area (Å²) in [6, 6.07) is 12.9. The Morgan fingerprint density at radius 2 is 1.93 bits per heavy atom. The van der Waals surface area contributed by atoms with Gasteiger partial charge in [0.25, 0.3) is 5.69 Å². The molecule has 3 aromatic rings. The molecule has 29 heavy (non-hydrogen) atoms. The van der Waals surface area contributed by atoms with Crippen molar-refractivity contribution in [3.05, 3.63) is 73.9 Å². The molecule has 0 N–H and O–H groups in total. The Kier molecular flexibility index (Phi) is 5.60. The quantitative estimate of drug-likeness (QED) is 0.432. The van der Waals surface area contributed by atoms with Gasteiger partial charge in [-0.15, -0.1) is 11.3 Å². The maximum absolute atomic E-state index is 11.0. The van der Waals surface area contributed by atoms with Crippen LogP contribution in [0.15, 0.2) is 52.8 Å². The topological polar surface area (TPSA) is 69.7 Å². The first-order valence-corrected chi connectivity index (χ1v) is 10.6. The van der Waals surface area contributed by atoms with Crippen molar-refractivity contribution in [3.63, 3.8) is 0 Å². The lowest BCUT2D eigenvalue weighted by atomic mass is 10.1. The molecule has 1 aromatic heterocycles. The summed E-state index contributed by atoms with van der Waals surface area (Å²) in [5.41, 5.74) is 5.30. The highest BCUT2D eigenvalue weighted by Gasteiger charge is 2.19. The number of aryl methyl sites for hydroxylation is 2. The van der Waals surface area contributed by atoms with E-state index in [1.54, 1.807) is 35.6 Å². The number of nitrogens with zero attached hydrogens (tertiary/aromatic N) is 3. The SMILES string of the molecule is Cc1cccc(C)c1N=c1scc(-c2ccc([N+](=O)[O-])cc2)n1CC1CCCO1. The van der Waals surface area contributed by atoms with Gasteiger partial charge in [-0.1, -0.05) is 18.2 Å². The van der Waals surface area contributed by atoms with Crippen LogP contribution in [-0.2, 0) is 11.3 Å². The number of nitro groups is 1. The number of para-hydroxylation sites is 1. The van der Waals surface area contributed by atoms with E-state index in [-0.39, 0.29) is 16.7 Å². The highest BCUT2D eigenvalue weighted by Crippen LogP contribution is 2.27. The first kappa shape index (κ1) is 19.5. The van der Waals surface area contributed by atoms with Crippen LogP contribution in [0, 0.1) is 24.0 Å². The third-order valence-electron chi connectivity index (χ3n) is 5.23. The molecule has 0 radical (unpaired) electrons. The number of ether oxygens (including phenoxy) is 1. The number of benzene rings is 2. The van der Waals surface area contributed by atoms with Crippen molar-refractivity contribution < 1.29 is 9.66 Å². The smallest absolute Gasteiger partial charge is 0.269 e. The fourth-order valence-electron chi connectivity index (χ4n) is 3.65. The van der Waals surface area contributed by atoms with Crippen LogP contribution in [0.3, 0.4) is 0 Å². The van der Waals surface area contributed by atoms with Crippen molar-refractivity contribution in [1.29, 1.82) is 0 Å². The molecule has 1 saturated heterocycles. The van der Waals surface area contributed by atoms with E-state index in [4.69, 9.17) is 9.73 Å². The van der Waals surface area contributed by atoms with E-state index in [0.29, 0.717) is 0 Å². The Morgan fingerprint density at radius 3 is 2.55 bits per heavy atom. The maximum Gasteiger partial charge on any atom is 0.269 e. The van der Waals surface area contributed by atoms with E-state index in [9.17, 15) is 10.1 Å². The fourth-order valence-corrected chi connectivity index (χ4v) is 4.57. The van der Waals surface area contributed by atoms with E-state index in [1.807, 2.05) is 6.07 Å². The molecular weight excluding hydrogens is 386 g/mol. The van der Waals surface area contributed by atoms with Crippen molar-refractivity contribution in [1.82, 2.24) is 4.57 Å². The minimum absolute atomic E-state index is 0.0927. The van der Waals surface area contributed by atoms with Gasteiger partial charge < -0.3 is 9.30 Å². The molecule has 1 unspecified atom stereocenters. The highest BCUT2D eigenvalue weighted by molar-refractivity contribution is 7.07. The van der Waals surface area contributed by atoms with Crippen LogP contribution in [0.25, 0.3) is 11.3 Å². The zero-order valence-electron chi connectivity index (χ0n) is 16.5. The monoisotopic (exact) mass is 409 g/mol. The molecular formula is C22H23N3O3S. The zero-order valence-corrected chi connectivity index (χ0v) is 17.3. The lowest BCUT2D eigenvalue weighted by Crippen LogP contribution is -2.24. The van der Waals surface area contributed by atoms with Gasteiger partial charge in [-0.2, -0.15) is 0 Å². The number of hydrogen-bond donors (Lipinski definition) is 0. The normalized spacial score (nSPS) is 17.0. The second-order valence-electron chi connectivity index (χ2n) is 7.31. The van der Waals surface area contributed by atoms with Crippen LogP contribution in [0.5, 0.6) is 0 Å². The number of rotatable bonds is 5. The predicted octanol–water partition coefficient (Wildman–Crippen LogP) is 5.15. The zero-order chi connectivity index (χ0) is 20.4. The minimum atomic E-state index is -0.375. The molecule has 1 aliphatic heterocycles. The fraction of sp³-hybridized carbons (Fsp3) is 0.318. The van der Waals surface area contributed by atoms with E-state index in [2.05, 4.69) is 35.9 Å². The molecule has 1 fully saturated rings. The van der Waals surface area contributed by atoms with Crippen molar-refractivity contribution in [2.45, 2.75) is 39.3 Å². The van der Waals surface area contributed by atoms with Crippen LogP contribution < -0.4 is 4.80 Å². The average molecular weight is 410 g/mol. The molecule has 150 valence electrons. The molecule has 2 heterocycles. The van der Waals surface area contributed by atoms with Gasteiger partial charge in [0.2, 0.25) is 0 Å². The van der Waals surface area contributed by atoms with E-state index >= 15 is 0 Å². The molecule has 0 aliphatic carbocycles. The van der Waals surface area contributed by atoms with Gasteiger partial charge in [-0.3, -0.25) is 10.1 Å². The van der Waals surface area contributed by atoms with E-state index in [1.165, 1.54) is 0 Å². The van der Waals surface area contributed by atoms with Crippen molar-refractivity contribution in [3.8, 4) is 11.3 Å². The maximum atomic E-state index is 11.0. The third kappa shape index (κ3) is 4.16. The Morgan fingerprint density at radius 1 is 1.21 bits per heavy atom. The van der Waals surface area contributed by atoms with Gasteiger partial charge in [-0.05, 0) is 55.5 Å². The van der Waals surface area contributed by atoms with Crippen LogP contribution in [0.2, 0.25) is 0 Å². The molecule has 4 rings (SSSR count). The van der Waals surface area contributed by atoms with Crippen LogP contribution in [-0.4, -0.2) is 22.2 Å². The van der Waals surface area contributed by atoms with Gasteiger partial charge in [0.1, 0.15) is 0 Å². The van der Waals surface area contributed by atoms with Crippen molar-refractivity contribution in [2.24, 2.45) is 4.99 Å². The molecule has 7 heteroatoms. The van der Waals surface area contributed by atoms with Gasteiger partial charge in [0.15, 0.2) is 4.80 Å². The molecule has 1 aliphatic rings. The second kappa shape index (κ2) is 8.31. The summed E-state index contributed by atoms with van der Waals surface area (Å²) in [6.07, 6.45) is 2.27. The Balaban J connectivity index is 1.81. The van der Waals surface area contributed by atoms with Crippen LogP contribution in [0.1, 0.15) is 24.0 Å². The average Bonchev–Trinajstić information content (AvgIpc) is 3.36. The molecule has 0 spiro atoms. The van der Waals surface area contributed by atoms with Gasteiger partial charge >= 0.3 is 0 Å². The van der Waals surface area contributed by atoms with Crippen molar-refractivity contribution >= 4 is 22.7 Å². The first-order valence-electron chi connectivity index (χ1n) is 9.68. The Hall–Kier alpha value is -2.77. The molecule has 0 bridgehead atoms. The lowest BCUT2D eigenvalue weighted by Gasteiger charge is -2.14. The molecule has 0 amide bonds. The lowest BCUT2D eigenvalue weighted by molar-refractivity contribution is -0.384. The standard InChI is InChI=1S/C22H23N3O3S/c1-15-5-3-6-16(2)21(15)23-22-24(13-19-7-4-12-28-19)20(14-29-22)17-8-10-18(11-9-17)25(26)27/h3,5-6,8-11,14,19H,4,7,12-13H2,1-2H3. The van der Waals surface area contributed by atoms with E-state index < -0.39 is 0 Å². The van der Waals surface area contributed by atoms with Gasteiger partial charge in [0.05, 0.1) is 29.0 Å². The second-order valence-corrected chi connectivity index (χ2v) is 8.14. The number of hydrogen-bond acceptors (Lipinski definition) is 5. The summed E-state index contributed by atoms with van der Waals surface area (Å²) in [5.74, 6) is 0. The molecule has 6 nitrogen and oxygen atoms in total. The summed E-state index contributed by atoms with van der Waals surface area (Å²) in [4.78, 5) is 16.5. The van der Waals surface area contributed by atoms with Gasteiger partial charge in [0, 0.05) is 24.1 Å². The Bertz CT molecular complexity index is 1070. The number of non-ortho nitro benzene ring substituents is 1. The molecule has 1 atom stereocenters. The summed E-state index contributed by atoms with van der Waals surface area (Å²) in [7, 11) is 0. The van der Waals surface area contributed by atoms with Crippen LogP contribution in [0.4, 0.5) is 11.4 Å². The molecule has 0 saturated carbocycles. The predicted molar refractivity (Wildman–Crippen MR) is 115 cm³/mol.